The fraction of sp³-hybridized carbons (Fsp3) is 0.500. The summed E-state index contributed by atoms with van der Waals surface area (Å²) in [6.45, 7) is 7.00. The lowest BCUT2D eigenvalue weighted by Gasteiger charge is -2.36. The topological polar surface area (TPSA) is 84.2 Å². The van der Waals surface area contributed by atoms with Crippen LogP contribution in [0.2, 0.25) is 0 Å². The zero-order valence-electron chi connectivity index (χ0n) is 20.6. The van der Waals surface area contributed by atoms with E-state index in [1.54, 1.807) is 0 Å². The van der Waals surface area contributed by atoms with E-state index in [4.69, 9.17) is 5.73 Å². The summed E-state index contributed by atoms with van der Waals surface area (Å²) in [6, 6.07) is 18.6. The molecule has 1 saturated carbocycles. The second kappa shape index (κ2) is 13.5. The van der Waals surface area contributed by atoms with Crippen molar-refractivity contribution in [2.45, 2.75) is 58.5 Å². The highest BCUT2D eigenvalue weighted by molar-refractivity contribution is 5.85. The zero-order chi connectivity index (χ0) is 23.8. The summed E-state index contributed by atoms with van der Waals surface area (Å²) in [5, 5.41) is 6.23. The average Bonchev–Trinajstić information content (AvgIpc) is 2.82. The molecule has 3 rings (SSSR count). The van der Waals surface area contributed by atoms with Crippen LogP contribution in [-0.2, 0) is 16.0 Å². The van der Waals surface area contributed by atoms with Crippen LogP contribution in [0.25, 0.3) is 0 Å². The lowest BCUT2D eigenvalue weighted by Crippen LogP contribution is -2.47. The fourth-order valence-corrected chi connectivity index (χ4v) is 5.01. The molecule has 34 heavy (non-hydrogen) atoms. The molecule has 0 spiro atoms. The quantitative estimate of drug-likeness (QED) is 0.483. The normalized spacial score (nSPS) is 21.7. The Hall–Kier alpha value is -2.37. The van der Waals surface area contributed by atoms with E-state index in [1.807, 2.05) is 60.7 Å². The first-order valence-electron chi connectivity index (χ1n) is 12.3. The number of carbonyl (C=O) groups is 2. The minimum Gasteiger partial charge on any atom is -0.353 e. The maximum Gasteiger partial charge on any atom is 0.237 e. The van der Waals surface area contributed by atoms with E-state index < -0.39 is 6.04 Å². The predicted octanol–water partition coefficient (Wildman–Crippen LogP) is 4.66. The maximum atomic E-state index is 13.2. The van der Waals surface area contributed by atoms with Crippen LogP contribution in [0.4, 0.5) is 0 Å². The maximum absolute atomic E-state index is 13.2. The predicted molar refractivity (Wildman–Crippen MR) is 141 cm³/mol. The van der Waals surface area contributed by atoms with Gasteiger partial charge in [-0.15, -0.1) is 12.4 Å². The molecule has 1 fully saturated rings. The van der Waals surface area contributed by atoms with Crippen LogP contribution in [0, 0.1) is 23.7 Å². The monoisotopic (exact) mass is 485 g/mol. The lowest BCUT2D eigenvalue weighted by atomic mass is 9.70. The Labute approximate surface area is 210 Å². The Morgan fingerprint density at radius 1 is 1.00 bits per heavy atom. The van der Waals surface area contributed by atoms with Gasteiger partial charge in [-0.25, -0.2) is 0 Å². The van der Waals surface area contributed by atoms with Gasteiger partial charge in [0.05, 0.1) is 12.1 Å². The molecule has 0 radical (unpaired) electrons. The van der Waals surface area contributed by atoms with Crippen LogP contribution in [0.15, 0.2) is 60.7 Å². The molecule has 2 unspecified atom stereocenters. The van der Waals surface area contributed by atoms with Crippen molar-refractivity contribution < 1.29 is 9.59 Å². The van der Waals surface area contributed by atoms with Crippen molar-refractivity contribution in [3.63, 3.8) is 0 Å². The minimum absolute atomic E-state index is 0. The summed E-state index contributed by atoms with van der Waals surface area (Å²) >= 11 is 0. The van der Waals surface area contributed by atoms with Gasteiger partial charge in [-0.2, -0.15) is 0 Å². The van der Waals surface area contributed by atoms with Crippen LogP contribution in [0.5, 0.6) is 0 Å². The summed E-state index contributed by atoms with van der Waals surface area (Å²) in [5.74, 6) is 1.37. The molecule has 186 valence electrons. The van der Waals surface area contributed by atoms with Gasteiger partial charge in [0.1, 0.15) is 0 Å². The van der Waals surface area contributed by atoms with Crippen LogP contribution in [0.3, 0.4) is 0 Å². The van der Waals surface area contributed by atoms with E-state index in [1.165, 1.54) is 6.42 Å². The van der Waals surface area contributed by atoms with Gasteiger partial charge in [0.2, 0.25) is 11.8 Å². The number of carbonyl (C=O) groups excluding carboxylic acids is 2. The zero-order valence-corrected chi connectivity index (χ0v) is 21.4. The largest absolute Gasteiger partial charge is 0.353 e. The number of rotatable bonds is 9. The number of nitrogens with two attached hydrogens (primary N) is 1. The number of amides is 2. The Morgan fingerprint density at radius 3 is 2.24 bits per heavy atom. The van der Waals surface area contributed by atoms with Crippen molar-refractivity contribution >= 4 is 24.2 Å². The second-order valence-electron chi connectivity index (χ2n) is 9.95. The van der Waals surface area contributed by atoms with Crippen LogP contribution in [0.1, 0.15) is 57.2 Å². The Morgan fingerprint density at radius 2 is 1.62 bits per heavy atom. The third-order valence-corrected chi connectivity index (χ3v) is 6.99. The first-order chi connectivity index (χ1) is 15.8. The SMILES string of the molecule is CC(C)[C@@H]1CC[C@@H](C)C[C@H]1C(=O)NCC(NC(=O)C(N)Cc1ccccc1)c1ccccc1.Cl. The van der Waals surface area contributed by atoms with E-state index in [9.17, 15) is 9.59 Å². The standard InChI is InChI=1S/C28H39N3O2.ClH/c1-19(2)23-15-14-20(3)16-24(23)27(32)30-18-26(22-12-8-5-9-13-22)31-28(33)25(29)17-21-10-6-4-7-11-21;/h4-13,19-20,23-26H,14-18,29H2,1-3H3,(H,30,32)(H,31,33);1H/t20-,23+,24-,25?,26?;/m1./s1. The molecule has 0 bridgehead atoms. The highest BCUT2D eigenvalue weighted by atomic mass is 35.5. The molecule has 1 aliphatic carbocycles. The van der Waals surface area contributed by atoms with Gasteiger partial charge in [-0.3, -0.25) is 9.59 Å². The average molecular weight is 486 g/mol. The van der Waals surface area contributed by atoms with Gasteiger partial charge >= 0.3 is 0 Å². The van der Waals surface area contributed by atoms with Gasteiger partial charge in [0, 0.05) is 12.5 Å². The highest BCUT2D eigenvalue weighted by Gasteiger charge is 2.35. The molecule has 0 aromatic heterocycles. The van der Waals surface area contributed by atoms with Gasteiger partial charge in [0.15, 0.2) is 0 Å². The molecule has 2 amide bonds. The molecule has 0 aliphatic heterocycles. The number of hydrogen-bond donors (Lipinski definition) is 3. The Kier molecular flexibility index (Phi) is 11.1. The summed E-state index contributed by atoms with van der Waals surface area (Å²) < 4.78 is 0. The first-order valence-corrected chi connectivity index (χ1v) is 12.3. The molecule has 6 heteroatoms. The van der Waals surface area contributed by atoms with Crippen LogP contribution >= 0.6 is 12.4 Å². The first kappa shape index (κ1) is 27.9. The molecule has 0 saturated heterocycles. The van der Waals surface area contributed by atoms with Crippen LogP contribution in [-0.4, -0.2) is 24.4 Å². The highest BCUT2D eigenvalue weighted by Crippen LogP contribution is 2.38. The van der Waals surface area contributed by atoms with Gasteiger partial charge in [-0.1, -0.05) is 87.9 Å². The van der Waals surface area contributed by atoms with Gasteiger partial charge < -0.3 is 16.4 Å². The molecule has 2 aromatic rings. The van der Waals surface area contributed by atoms with E-state index in [-0.39, 0.29) is 36.2 Å². The van der Waals surface area contributed by atoms with Gasteiger partial charge in [-0.05, 0) is 48.1 Å². The van der Waals surface area contributed by atoms with Crippen molar-refractivity contribution in [2.75, 3.05) is 6.54 Å². The van der Waals surface area contributed by atoms with Crippen LogP contribution < -0.4 is 16.4 Å². The van der Waals surface area contributed by atoms with Crippen molar-refractivity contribution in [3.05, 3.63) is 71.8 Å². The molecular weight excluding hydrogens is 446 g/mol. The lowest BCUT2D eigenvalue weighted by molar-refractivity contribution is -0.130. The summed E-state index contributed by atoms with van der Waals surface area (Å²) in [6.07, 6.45) is 3.69. The molecule has 4 N–H and O–H groups in total. The molecule has 1 aliphatic rings. The third kappa shape index (κ3) is 7.85. The molecule has 5 nitrogen and oxygen atoms in total. The summed E-state index contributed by atoms with van der Waals surface area (Å²) in [4.78, 5) is 26.1. The van der Waals surface area contributed by atoms with Gasteiger partial charge in [0.25, 0.3) is 0 Å². The van der Waals surface area contributed by atoms with E-state index in [0.29, 0.717) is 30.7 Å². The molecule has 2 aromatic carbocycles. The Balaban J connectivity index is 0.00000408. The van der Waals surface area contributed by atoms with E-state index in [2.05, 4.69) is 31.4 Å². The number of halogens is 1. The van der Waals surface area contributed by atoms with Crippen molar-refractivity contribution in [2.24, 2.45) is 29.4 Å². The fourth-order valence-electron chi connectivity index (χ4n) is 5.01. The van der Waals surface area contributed by atoms with Crippen molar-refractivity contribution in [3.8, 4) is 0 Å². The van der Waals surface area contributed by atoms with Crippen molar-refractivity contribution in [1.82, 2.24) is 10.6 Å². The summed E-state index contributed by atoms with van der Waals surface area (Å²) in [7, 11) is 0. The Bertz CT molecular complexity index is 891. The summed E-state index contributed by atoms with van der Waals surface area (Å²) in [5.41, 5.74) is 8.19. The molecule has 0 heterocycles. The number of nitrogens with one attached hydrogen (secondary N) is 2. The van der Waals surface area contributed by atoms with E-state index in [0.717, 1.165) is 24.0 Å². The smallest absolute Gasteiger partial charge is 0.237 e. The van der Waals surface area contributed by atoms with Crippen molar-refractivity contribution in [1.29, 1.82) is 0 Å². The number of benzene rings is 2. The third-order valence-electron chi connectivity index (χ3n) is 6.99. The molecular formula is C28H40ClN3O2. The van der Waals surface area contributed by atoms with E-state index >= 15 is 0 Å². The number of hydrogen-bond acceptors (Lipinski definition) is 3. The molecule has 5 atom stereocenters. The second-order valence-corrected chi connectivity index (χ2v) is 9.95. The minimum atomic E-state index is -0.654.